The van der Waals surface area contributed by atoms with Crippen molar-refractivity contribution in [2.45, 2.75) is 57.4 Å². The van der Waals surface area contributed by atoms with Gasteiger partial charge in [0.05, 0.1) is 5.75 Å². The van der Waals surface area contributed by atoms with E-state index < -0.39 is 10.0 Å². The number of hydrogen-bond acceptors (Lipinski definition) is 2. The molecule has 0 radical (unpaired) electrons. The van der Waals surface area contributed by atoms with Gasteiger partial charge in [0.25, 0.3) is 0 Å². The molecule has 0 heterocycles. The zero-order chi connectivity index (χ0) is 11.9. The third-order valence-electron chi connectivity index (χ3n) is 3.00. The van der Waals surface area contributed by atoms with Crippen molar-refractivity contribution in [2.75, 3.05) is 11.6 Å². The predicted octanol–water partition coefficient (Wildman–Crippen LogP) is 2.65. The lowest BCUT2D eigenvalue weighted by Crippen LogP contribution is -2.34. The van der Waals surface area contributed by atoms with Crippen molar-refractivity contribution < 1.29 is 8.42 Å². The van der Waals surface area contributed by atoms with Gasteiger partial charge >= 0.3 is 0 Å². The molecule has 1 fully saturated rings. The van der Waals surface area contributed by atoms with Crippen LogP contribution in [0.5, 0.6) is 0 Å². The van der Waals surface area contributed by atoms with Gasteiger partial charge in [0.15, 0.2) is 0 Å². The van der Waals surface area contributed by atoms with Gasteiger partial charge in [-0.05, 0) is 25.7 Å². The van der Waals surface area contributed by atoms with Gasteiger partial charge in [-0.15, -0.1) is 11.6 Å². The summed E-state index contributed by atoms with van der Waals surface area (Å²) in [5, 5.41) is 0. The van der Waals surface area contributed by atoms with Crippen LogP contribution in [-0.4, -0.2) is 26.1 Å². The van der Waals surface area contributed by atoms with E-state index in [9.17, 15) is 8.42 Å². The van der Waals surface area contributed by atoms with E-state index in [1.807, 2.05) is 0 Å². The predicted molar refractivity (Wildman–Crippen MR) is 68.4 cm³/mol. The molecule has 0 amide bonds. The molecule has 1 N–H and O–H groups in total. The quantitative estimate of drug-likeness (QED) is 0.543. The molecule has 1 saturated carbocycles. The summed E-state index contributed by atoms with van der Waals surface area (Å²) in [6, 6.07) is 0.202. The summed E-state index contributed by atoms with van der Waals surface area (Å²) in [7, 11) is -3.04. The molecule has 0 unspecified atom stereocenters. The van der Waals surface area contributed by atoms with Crippen molar-refractivity contribution in [1.82, 2.24) is 4.72 Å². The number of nitrogens with one attached hydrogen (secondary N) is 1. The first-order valence-corrected chi connectivity index (χ1v) is 8.39. The molecule has 1 rings (SSSR count). The number of alkyl halides is 1. The molecule has 0 aromatic carbocycles. The molecule has 0 spiro atoms. The molecule has 5 heteroatoms. The first-order valence-electron chi connectivity index (χ1n) is 6.20. The fourth-order valence-electron chi connectivity index (χ4n) is 2.10. The topological polar surface area (TPSA) is 46.2 Å². The van der Waals surface area contributed by atoms with Crippen LogP contribution in [0.2, 0.25) is 0 Å². The Labute approximate surface area is 104 Å². The van der Waals surface area contributed by atoms with Crippen molar-refractivity contribution in [2.24, 2.45) is 0 Å². The van der Waals surface area contributed by atoms with E-state index in [2.05, 4.69) is 4.72 Å². The van der Waals surface area contributed by atoms with E-state index >= 15 is 0 Å². The lowest BCUT2D eigenvalue weighted by Gasteiger charge is -2.12. The van der Waals surface area contributed by atoms with Crippen molar-refractivity contribution in [3.8, 4) is 0 Å². The van der Waals surface area contributed by atoms with Gasteiger partial charge in [-0.1, -0.05) is 25.7 Å². The van der Waals surface area contributed by atoms with Crippen LogP contribution in [0.25, 0.3) is 0 Å². The maximum Gasteiger partial charge on any atom is 0.211 e. The highest BCUT2D eigenvalue weighted by Crippen LogP contribution is 2.18. The molecule has 0 saturated heterocycles. The van der Waals surface area contributed by atoms with Crippen molar-refractivity contribution in [1.29, 1.82) is 0 Å². The molecule has 1 aliphatic carbocycles. The Morgan fingerprint density at radius 3 is 2.31 bits per heavy atom. The summed E-state index contributed by atoms with van der Waals surface area (Å²) < 4.78 is 26.2. The van der Waals surface area contributed by atoms with E-state index in [4.69, 9.17) is 11.6 Å². The number of halogens is 1. The molecule has 0 atom stereocenters. The molecule has 0 aromatic rings. The third-order valence-corrected chi connectivity index (χ3v) is 4.78. The van der Waals surface area contributed by atoms with Gasteiger partial charge < -0.3 is 0 Å². The molecule has 96 valence electrons. The number of hydrogen-bond donors (Lipinski definition) is 1. The minimum absolute atomic E-state index is 0.202. The first-order chi connectivity index (χ1) is 7.64. The smallest absolute Gasteiger partial charge is 0.211 e. The maximum atomic E-state index is 11.7. The summed E-state index contributed by atoms with van der Waals surface area (Å²) in [4.78, 5) is 0. The lowest BCUT2D eigenvalue weighted by molar-refractivity contribution is 0.547. The van der Waals surface area contributed by atoms with Crippen molar-refractivity contribution >= 4 is 21.6 Å². The minimum Gasteiger partial charge on any atom is -0.212 e. The lowest BCUT2D eigenvalue weighted by atomic mass is 10.2. The second-order valence-corrected chi connectivity index (χ2v) is 6.77. The van der Waals surface area contributed by atoms with E-state index in [0.29, 0.717) is 5.88 Å². The average Bonchev–Trinajstić information content (AvgIpc) is 2.69. The average molecular weight is 268 g/mol. The zero-order valence-electron chi connectivity index (χ0n) is 9.75. The normalized spacial score (nSPS) is 18.1. The van der Waals surface area contributed by atoms with Crippen LogP contribution in [0, 0.1) is 0 Å². The third kappa shape index (κ3) is 6.06. The highest BCUT2D eigenvalue weighted by Gasteiger charge is 2.20. The second-order valence-electron chi connectivity index (χ2n) is 4.52. The Hall–Kier alpha value is 0.200. The summed E-state index contributed by atoms with van der Waals surface area (Å²) in [5.41, 5.74) is 0. The van der Waals surface area contributed by atoms with Gasteiger partial charge in [0, 0.05) is 11.9 Å². The number of sulfonamides is 1. The van der Waals surface area contributed by atoms with E-state index in [-0.39, 0.29) is 11.8 Å². The fourth-order valence-corrected chi connectivity index (χ4v) is 3.73. The van der Waals surface area contributed by atoms with Gasteiger partial charge in [-0.3, -0.25) is 0 Å². The van der Waals surface area contributed by atoms with Gasteiger partial charge in [0.1, 0.15) is 0 Å². The minimum atomic E-state index is -3.04. The molecular formula is C11H22ClNO2S. The Morgan fingerprint density at radius 1 is 1.06 bits per heavy atom. The maximum absolute atomic E-state index is 11.7. The summed E-state index contributed by atoms with van der Waals surface area (Å²) in [5.74, 6) is 0.943. The van der Waals surface area contributed by atoms with Crippen LogP contribution in [0.1, 0.15) is 51.4 Å². The van der Waals surface area contributed by atoms with Gasteiger partial charge in [-0.2, -0.15) is 0 Å². The van der Waals surface area contributed by atoms with Crippen LogP contribution in [0.3, 0.4) is 0 Å². The fraction of sp³-hybridized carbons (Fsp3) is 1.00. The first kappa shape index (κ1) is 14.3. The molecule has 3 nitrogen and oxygen atoms in total. The molecule has 0 aromatic heterocycles. The van der Waals surface area contributed by atoms with Crippen LogP contribution in [-0.2, 0) is 10.0 Å². The highest BCUT2D eigenvalue weighted by atomic mass is 35.5. The van der Waals surface area contributed by atoms with E-state index in [0.717, 1.165) is 51.4 Å². The highest BCUT2D eigenvalue weighted by molar-refractivity contribution is 7.89. The Balaban J connectivity index is 2.13. The molecule has 0 bridgehead atoms. The van der Waals surface area contributed by atoms with E-state index in [1.54, 1.807) is 0 Å². The summed E-state index contributed by atoms with van der Waals surface area (Å²) >= 11 is 5.55. The zero-order valence-corrected chi connectivity index (χ0v) is 11.3. The Kier molecular flexibility index (Phi) is 6.70. The van der Waals surface area contributed by atoms with Crippen LogP contribution < -0.4 is 4.72 Å². The largest absolute Gasteiger partial charge is 0.212 e. The van der Waals surface area contributed by atoms with Crippen LogP contribution in [0.4, 0.5) is 0 Å². The molecule has 16 heavy (non-hydrogen) atoms. The Morgan fingerprint density at radius 2 is 1.69 bits per heavy atom. The SMILES string of the molecule is O=S(=O)(CCCCCCCl)NC1CCCC1. The van der Waals surface area contributed by atoms with Gasteiger partial charge in [-0.25, -0.2) is 13.1 Å². The molecular weight excluding hydrogens is 246 g/mol. The number of rotatable bonds is 8. The summed E-state index contributed by atoms with van der Waals surface area (Å²) in [6.07, 6.45) is 8.04. The van der Waals surface area contributed by atoms with Crippen molar-refractivity contribution in [3.05, 3.63) is 0 Å². The monoisotopic (exact) mass is 267 g/mol. The second kappa shape index (κ2) is 7.51. The van der Waals surface area contributed by atoms with Crippen LogP contribution in [0.15, 0.2) is 0 Å². The van der Waals surface area contributed by atoms with E-state index in [1.165, 1.54) is 0 Å². The summed E-state index contributed by atoms with van der Waals surface area (Å²) in [6.45, 7) is 0. The standard InChI is InChI=1S/C11H22ClNO2S/c12-9-5-1-2-6-10-16(14,15)13-11-7-3-4-8-11/h11,13H,1-10H2. The molecule has 0 aliphatic heterocycles. The van der Waals surface area contributed by atoms with Crippen molar-refractivity contribution in [3.63, 3.8) is 0 Å². The van der Waals surface area contributed by atoms with Crippen LogP contribution >= 0.6 is 11.6 Å². The molecule has 1 aliphatic rings. The van der Waals surface area contributed by atoms with Gasteiger partial charge in [0.2, 0.25) is 10.0 Å². The Bertz CT molecular complexity index is 274. The number of unbranched alkanes of at least 4 members (excludes halogenated alkanes) is 3.